The van der Waals surface area contributed by atoms with E-state index in [9.17, 15) is 14.7 Å². The number of hydrogen-bond donors (Lipinski definition) is 3. The summed E-state index contributed by atoms with van der Waals surface area (Å²) in [6, 6.07) is 19.3. The number of benzene rings is 3. The Morgan fingerprint density at radius 3 is 2.63 bits per heavy atom. The summed E-state index contributed by atoms with van der Waals surface area (Å²) in [6.45, 7) is 5.52. The van der Waals surface area contributed by atoms with Gasteiger partial charge in [0.1, 0.15) is 6.10 Å². The normalized spacial score (nSPS) is 18.7. The molecule has 0 radical (unpaired) electrons. The van der Waals surface area contributed by atoms with Gasteiger partial charge in [0.15, 0.2) is 17.2 Å². The van der Waals surface area contributed by atoms with Crippen molar-refractivity contribution in [2.45, 2.75) is 32.5 Å². The molecule has 10 nitrogen and oxygen atoms in total. The molecule has 2 heterocycles. The zero-order valence-electron chi connectivity index (χ0n) is 23.5. The predicted octanol–water partition coefficient (Wildman–Crippen LogP) is 4.41. The summed E-state index contributed by atoms with van der Waals surface area (Å²) in [5.74, 6) is 1.45. The van der Waals surface area contributed by atoms with Gasteiger partial charge < -0.3 is 34.9 Å². The fraction of sp³-hybridized carbons (Fsp3) is 0.355. The van der Waals surface area contributed by atoms with E-state index in [1.54, 1.807) is 35.2 Å². The number of para-hydroxylation sites is 2. The number of hydrogen-bond acceptors (Lipinski definition) is 7. The third-order valence-electron chi connectivity index (χ3n) is 7.35. The summed E-state index contributed by atoms with van der Waals surface area (Å²) in [5, 5.41) is 15.6. The summed E-state index contributed by atoms with van der Waals surface area (Å²) in [5.41, 5.74) is 2.43. The highest BCUT2D eigenvalue weighted by atomic mass is 16.7. The molecule has 2 aliphatic rings. The van der Waals surface area contributed by atoms with Crippen LogP contribution in [0.25, 0.3) is 0 Å². The maximum Gasteiger partial charge on any atom is 0.323 e. The zero-order chi connectivity index (χ0) is 28.9. The topological polar surface area (TPSA) is 113 Å². The molecule has 0 saturated carbocycles. The minimum absolute atomic E-state index is 0.0773. The Morgan fingerprint density at radius 2 is 1.85 bits per heavy atom. The van der Waals surface area contributed by atoms with E-state index in [0.717, 1.165) is 17.1 Å². The number of amides is 3. The summed E-state index contributed by atoms with van der Waals surface area (Å²) in [7, 11) is 2.01. The number of fused-ring (bicyclic) bond motifs is 2. The van der Waals surface area contributed by atoms with Crippen LogP contribution in [-0.4, -0.2) is 72.5 Å². The van der Waals surface area contributed by atoms with Crippen LogP contribution in [0.5, 0.6) is 17.2 Å². The molecule has 0 aromatic heterocycles. The van der Waals surface area contributed by atoms with E-state index < -0.39 is 6.03 Å². The van der Waals surface area contributed by atoms with Gasteiger partial charge >= 0.3 is 6.03 Å². The van der Waals surface area contributed by atoms with Gasteiger partial charge in [0.2, 0.25) is 6.79 Å². The Balaban J connectivity index is 1.40. The van der Waals surface area contributed by atoms with Crippen LogP contribution >= 0.6 is 0 Å². The molecule has 0 bridgehead atoms. The first kappa shape index (κ1) is 28.3. The number of carbonyl (C=O) groups excluding carboxylic acids is 2. The molecule has 2 aliphatic heterocycles. The monoisotopic (exact) mass is 560 g/mol. The van der Waals surface area contributed by atoms with Crippen molar-refractivity contribution in [2.75, 3.05) is 44.2 Å². The van der Waals surface area contributed by atoms with Gasteiger partial charge in [-0.2, -0.15) is 0 Å². The van der Waals surface area contributed by atoms with Crippen molar-refractivity contribution in [3.05, 3.63) is 77.9 Å². The number of ether oxygens (including phenoxy) is 3. The maximum atomic E-state index is 13.7. The predicted molar refractivity (Wildman–Crippen MR) is 156 cm³/mol. The number of aliphatic hydroxyl groups is 1. The smallest absolute Gasteiger partial charge is 0.323 e. The van der Waals surface area contributed by atoms with Crippen molar-refractivity contribution in [3.63, 3.8) is 0 Å². The lowest BCUT2D eigenvalue weighted by molar-refractivity contribution is 0.0343. The molecule has 3 atom stereocenters. The molecule has 0 aliphatic carbocycles. The molecule has 0 spiro atoms. The Kier molecular flexibility index (Phi) is 8.61. The van der Waals surface area contributed by atoms with E-state index in [4.69, 9.17) is 14.2 Å². The lowest BCUT2D eigenvalue weighted by atomic mass is 9.99. The quantitative estimate of drug-likeness (QED) is 0.374. The molecule has 41 heavy (non-hydrogen) atoms. The number of nitrogens with zero attached hydrogens (tertiary/aromatic N) is 2. The summed E-state index contributed by atoms with van der Waals surface area (Å²) >= 11 is 0. The minimum atomic E-state index is -0.451. The van der Waals surface area contributed by atoms with Crippen molar-refractivity contribution in [3.8, 4) is 17.2 Å². The Labute approximate surface area is 239 Å². The number of carbonyl (C=O) groups is 2. The molecule has 3 aromatic carbocycles. The second-order valence-corrected chi connectivity index (χ2v) is 10.6. The van der Waals surface area contributed by atoms with E-state index in [1.807, 2.05) is 57.3 Å². The van der Waals surface area contributed by atoms with Gasteiger partial charge in [-0.25, -0.2) is 4.79 Å². The van der Waals surface area contributed by atoms with Crippen molar-refractivity contribution in [2.24, 2.45) is 5.92 Å². The number of nitrogens with one attached hydrogen (secondary N) is 2. The van der Waals surface area contributed by atoms with Gasteiger partial charge in [-0.15, -0.1) is 0 Å². The third kappa shape index (κ3) is 6.55. The lowest BCUT2D eigenvalue weighted by Gasteiger charge is -2.38. The van der Waals surface area contributed by atoms with E-state index in [1.165, 1.54) is 0 Å². The number of urea groups is 1. The van der Waals surface area contributed by atoms with E-state index in [-0.39, 0.29) is 37.4 Å². The van der Waals surface area contributed by atoms with Gasteiger partial charge in [-0.05, 0) is 55.9 Å². The van der Waals surface area contributed by atoms with Crippen molar-refractivity contribution < 1.29 is 28.9 Å². The fourth-order valence-corrected chi connectivity index (χ4v) is 5.09. The van der Waals surface area contributed by atoms with Crippen LogP contribution in [0, 0.1) is 5.92 Å². The van der Waals surface area contributed by atoms with Crippen LogP contribution in [-0.2, 0) is 6.54 Å². The van der Waals surface area contributed by atoms with Gasteiger partial charge in [0.05, 0.1) is 23.9 Å². The average Bonchev–Trinajstić information content (AvgIpc) is 3.43. The van der Waals surface area contributed by atoms with Crippen molar-refractivity contribution in [1.82, 2.24) is 9.80 Å². The van der Waals surface area contributed by atoms with Crippen molar-refractivity contribution >= 4 is 23.3 Å². The SMILES string of the molecule is C[C@@H]1CN([C@H](C)CO)C(=O)c2cccc(NC(=O)Nc3ccccc3)c2O[C@@H]1CN(C)Cc1ccc2c(c1)OCO2. The first-order valence-corrected chi connectivity index (χ1v) is 13.7. The first-order valence-electron chi connectivity index (χ1n) is 13.7. The second-order valence-electron chi connectivity index (χ2n) is 10.6. The number of likely N-dealkylation sites (N-methyl/N-ethyl adjacent to an activating group) is 1. The van der Waals surface area contributed by atoms with Crippen LogP contribution < -0.4 is 24.8 Å². The fourth-order valence-electron chi connectivity index (χ4n) is 5.09. The van der Waals surface area contributed by atoms with Gasteiger partial charge in [0, 0.05) is 31.2 Å². The molecule has 0 unspecified atom stereocenters. The molecule has 10 heteroatoms. The summed E-state index contributed by atoms with van der Waals surface area (Å²) in [4.78, 5) is 30.4. The second kappa shape index (κ2) is 12.5. The summed E-state index contributed by atoms with van der Waals surface area (Å²) < 4.78 is 17.6. The van der Waals surface area contributed by atoms with Gasteiger partial charge in [0.25, 0.3) is 5.91 Å². The van der Waals surface area contributed by atoms with Crippen LogP contribution in [0.1, 0.15) is 29.8 Å². The number of anilines is 2. The Morgan fingerprint density at radius 1 is 1.07 bits per heavy atom. The largest absolute Gasteiger partial charge is 0.486 e. The molecular weight excluding hydrogens is 524 g/mol. The molecule has 216 valence electrons. The van der Waals surface area contributed by atoms with E-state index >= 15 is 0 Å². The highest BCUT2D eigenvalue weighted by Crippen LogP contribution is 2.36. The Hall–Kier alpha value is -4.28. The summed E-state index contributed by atoms with van der Waals surface area (Å²) in [6.07, 6.45) is -0.325. The molecule has 3 N–H and O–H groups in total. The highest BCUT2D eigenvalue weighted by molar-refractivity contribution is 6.04. The van der Waals surface area contributed by atoms with Crippen molar-refractivity contribution in [1.29, 1.82) is 0 Å². The van der Waals surface area contributed by atoms with Crippen LogP contribution in [0.15, 0.2) is 66.7 Å². The van der Waals surface area contributed by atoms with Gasteiger partial charge in [-0.1, -0.05) is 37.3 Å². The molecule has 3 aromatic rings. The lowest BCUT2D eigenvalue weighted by Crippen LogP contribution is -2.49. The minimum Gasteiger partial charge on any atom is -0.486 e. The van der Waals surface area contributed by atoms with Gasteiger partial charge in [-0.3, -0.25) is 9.69 Å². The third-order valence-corrected chi connectivity index (χ3v) is 7.35. The maximum absolute atomic E-state index is 13.7. The molecule has 0 fully saturated rings. The molecule has 3 amide bonds. The van der Waals surface area contributed by atoms with E-state index in [2.05, 4.69) is 15.5 Å². The number of aliphatic hydroxyl groups excluding tert-OH is 1. The molecule has 5 rings (SSSR count). The Bertz CT molecular complexity index is 1380. The van der Waals surface area contributed by atoms with E-state index in [0.29, 0.717) is 42.3 Å². The van der Waals surface area contributed by atoms with Crippen LogP contribution in [0.2, 0.25) is 0 Å². The van der Waals surface area contributed by atoms with Crippen LogP contribution in [0.3, 0.4) is 0 Å². The number of rotatable bonds is 8. The first-order chi connectivity index (χ1) is 19.8. The average molecular weight is 561 g/mol. The zero-order valence-corrected chi connectivity index (χ0v) is 23.5. The van der Waals surface area contributed by atoms with Crippen LogP contribution in [0.4, 0.5) is 16.2 Å². The highest BCUT2D eigenvalue weighted by Gasteiger charge is 2.34. The molecular formula is C31H36N4O6. The standard InChI is InChI=1S/C31H36N4O6/c1-20-15-35(21(2)18-36)30(37)24-10-7-11-25(33-31(38)32-23-8-5-4-6-9-23)29(24)41-28(20)17-34(3)16-22-12-13-26-27(14-22)40-19-39-26/h4-14,20-21,28,36H,15-19H2,1-3H3,(H2,32,33,38)/t20-,21-,28-/m1/s1. The molecule has 0 saturated heterocycles.